The van der Waals surface area contributed by atoms with Gasteiger partial charge >= 0.3 is 0 Å². The molecule has 1 heterocycles. The lowest BCUT2D eigenvalue weighted by molar-refractivity contribution is 0.669. The molecule has 0 amide bonds. The maximum Gasteiger partial charge on any atom is 0.136 e. The highest BCUT2D eigenvalue weighted by molar-refractivity contribution is 6.12. The Morgan fingerprint density at radius 1 is 0.288 bits per heavy atom. The number of hydrogen-bond acceptors (Lipinski definition) is 2. The number of hydrogen-bond donors (Lipinski definition) is 0. The van der Waals surface area contributed by atoms with Crippen molar-refractivity contribution in [2.75, 3.05) is 4.90 Å². The number of nitrogens with zero attached hydrogens (tertiary/aromatic N) is 1. The molecule has 12 aromatic carbocycles. The standard InChI is InChI=1S/C71H47NO/c1-3-22-54(23-4-1)71(55-24-5-2-6-25-55)65-34-11-9-29-63(65)69-61(32-16-35-66(69)71)52-20-13-26-57(46-52)72(58-27-14-21-53(47-58)62-33-17-37-68-70(62)64-30-10-12-36-67(64)73-68)56-44-42-49(43-45-56)48-38-40-51(41-39-48)60-31-15-19-50-18-7-8-28-59(50)60/h1-47H. The van der Waals surface area contributed by atoms with Crippen LogP contribution in [0.2, 0.25) is 0 Å². The van der Waals surface area contributed by atoms with Gasteiger partial charge in [0.15, 0.2) is 0 Å². The van der Waals surface area contributed by atoms with E-state index < -0.39 is 5.41 Å². The zero-order valence-electron chi connectivity index (χ0n) is 40.0. The fraction of sp³-hybridized carbons (Fsp3) is 0.0141. The van der Waals surface area contributed by atoms with Gasteiger partial charge in [-0.15, -0.1) is 0 Å². The monoisotopic (exact) mass is 929 g/mol. The van der Waals surface area contributed by atoms with Crippen LogP contribution in [-0.4, -0.2) is 0 Å². The fourth-order valence-electron chi connectivity index (χ4n) is 11.9. The molecule has 73 heavy (non-hydrogen) atoms. The molecule has 2 heteroatoms. The van der Waals surface area contributed by atoms with Gasteiger partial charge in [0, 0.05) is 27.8 Å². The predicted octanol–water partition coefficient (Wildman–Crippen LogP) is 19.2. The van der Waals surface area contributed by atoms with Gasteiger partial charge in [-0.1, -0.05) is 237 Å². The van der Waals surface area contributed by atoms with Gasteiger partial charge < -0.3 is 9.32 Å². The second-order valence-corrected chi connectivity index (χ2v) is 19.1. The Hall–Kier alpha value is -9.50. The third-order valence-electron chi connectivity index (χ3n) is 15.2. The largest absolute Gasteiger partial charge is 0.456 e. The maximum absolute atomic E-state index is 6.39. The van der Waals surface area contributed by atoms with E-state index in [1.807, 2.05) is 6.07 Å². The maximum atomic E-state index is 6.39. The molecule has 1 aliphatic carbocycles. The topological polar surface area (TPSA) is 16.4 Å². The van der Waals surface area contributed by atoms with Crippen molar-refractivity contribution in [3.63, 3.8) is 0 Å². The molecule has 0 atom stereocenters. The highest BCUT2D eigenvalue weighted by atomic mass is 16.3. The lowest BCUT2D eigenvalue weighted by Gasteiger charge is -2.34. The second kappa shape index (κ2) is 17.4. The van der Waals surface area contributed by atoms with Crippen molar-refractivity contribution in [2.45, 2.75) is 5.41 Å². The molecule has 0 unspecified atom stereocenters. The Morgan fingerprint density at radius 2 is 0.781 bits per heavy atom. The van der Waals surface area contributed by atoms with Crippen molar-refractivity contribution in [2.24, 2.45) is 0 Å². The molecule has 0 spiro atoms. The molecule has 0 saturated heterocycles. The van der Waals surface area contributed by atoms with E-state index in [1.165, 1.54) is 66.4 Å². The van der Waals surface area contributed by atoms with Gasteiger partial charge in [-0.25, -0.2) is 0 Å². The number of para-hydroxylation sites is 1. The Labute approximate surface area is 425 Å². The summed E-state index contributed by atoms with van der Waals surface area (Å²) in [5, 5.41) is 4.75. The minimum atomic E-state index is -0.490. The lowest BCUT2D eigenvalue weighted by Crippen LogP contribution is -2.28. The number of anilines is 3. The molecule has 14 rings (SSSR count). The quantitative estimate of drug-likeness (QED) is 0.143. The summed E-state index contributed by atoms with van der Waals surface area (Å²) >= 11 is 0. The third-order valence-corrected chi connectivity index (χ3v) is 15.2. The molecule has 0 N–H and O–H groups in total. The zero-order valence-corrected chi connectivity index (χ0v) is 40.0. The van der Waals surface area contributed by atoms with Gasteiger partial charge in [0.25, 0.3) is 0 Å². The van der Waals surface area contributed by atoms with E-state index >= 15 is 0 Å². The van der Waals surface area contributed by atoms with Crippen molar-refractivity contribution >= 4 is 49.8 Å². The molecule has 0 radical (unpaired) electrons. The van der Waals surface area contributed by atoms with Gasteiger partial charge in [0.05, 0.1) is 5.41 Å². The molecule has 0 aliphatic heterocycles. The van der Waals surface area contributed by atoms with Crippen LogP contribution in [0.5, 0.6) is 0 Å². The van der Waals surface area contributed by atoms with Crippen LogP contribution in [-0.2, 0) is 5.41 Å². The molecule has 2 nitrogen and oxygen atoms in total. The summed E-state index contributed by atoms with van der Waals surface area (Å²) in [6.07, 6.45) is 0. The summed E-state index contributed by atoms with van der Waals surface area (Å²) in [5.41, 5.74) is 21.5. The third kappa shape index (κ3) is 6.94. The summed E-state index contributed by atoms with van der Waals surface area (Å²) < 4.78 is 6.39. The van der Waals surface area contributed by atoms with Crippen molar-refractivity contribution in [1.82, 2.24) is 0 Å². The van der Waals surface area contributed by atoms with Crippen LogP contribution in [0.4, 0.5) is 17.1 Å². The Morgan fingerprint density at radius 3 is 1.52 bits per heavy atom. The lowest BCUT2D eigenvalue weighted by atomic mass is 9.67. The first-order valence-corrected chi connectivity index (χ1v) is 25.2. The normalized spacial score (nSPS) is 12.5. The van der Waals surface area contributed by atoms with E-state index in [2.05, 4.69) is 284 Å². The Balaban J connectivity index is 0.912. The smallest absolute Gasteiger partial charge is 0.136 e. The highest BCUT2D eigenvalue weighted by Gasteiger charge is 2.46. The number of benzene rings is 12. The van der Waals surface area contributed by atoms with Crippen LogP contribution in [0, 0.1) is 0 Å². The summed E-state index contributed by atoms with van der Waals surface area (Å²) in [6, 6.07) is 104. The SMILES string of the molecule is c1ccc(C2(c3ccccc3)c3ccccc3-c3c(-c4cccc(N(c5ccc(-c6ccc(-c7cccc8ccccc78)cc6)cc5)c5cccc(-c6cccc7oc8ccccc8c67)c5)c4)cccc32)cc1. The van der Waals surface area contributed by atoms with E-state index in [1.54, 1.807) is 0 Å². The first-order valence-electron chi connectivity index (χ1n) is 25.2. The van der Waals surface area contributed by atoms with Crippen LogP contribution in [0.1, 0.15) is 22.3 Å². The minimum absolute atomic E-state index is 0.490. The van der Waals surface area contributed by atoms with E-state index in [0.29, 0.717) is 0 Å². The van der Waals surface area contributed by atoms with Crippen LogP contribution in [0.15, 0.2) is 290 Å². The first-order chi connectivity index (χ1) is 36.2. The molecular formula is C71H47NO. The zero-order chi connectivity index (χ0) is 48.3. The van der Waals surface area contributed by atoms with Gasteiger partial charge in [0.2, 0.25) is 0 Å². The predicted molar refractivity (Wildman–Crippen MR) is 305 cm³/mol. The van der Waals surface area contributed by atoms with Gasteiger partial charge in [-0.3, -0.25) is 0 Å². The number of fused-ring (bicyclic) bond motifs is 7. The van der Waals surface area contributed by atoms with Crippen molar-refractivity contribution in [1.29, 1.82) is 0 Å². The molecule has 0 saturated carbocycles. The van der Waals surface area contributed by atoms with Crippen LogP contribution in [0.3, 0.4) is 0 Å². The van der Waals surface area contributed by atoms with E-state index in [-0.39, 0.29) is 0 Å². The summed E-state index contributed by atoms with van der Waals surface area (Å²) in [4.78, 5) is 2.41. The first kappa shape index (κ1) is 42.4. The van der Waals surface area contributed by atoms with Gasteiger partial charge in [-0.2, -0.15) is 0 Å². The van der Waals surface area contributed by atoms with Crippen molar-refractivity contribution < 1.29 is 4.42 Å². The van der Waals surface area contributed by atoms with E-state index in [0.717, 1.165) is 61.3 Å². The molecule has 342 valence electrons. The average molecular weight is 930 g/mol. The summed E-state index contributed by atoms with van der Waals surface area (Å²) in [5.74, 6) is 0. The number of furan rings is 1. The molecule has 0 bridgehead atoms. The second-order valence-electron chi connectivity index (χ2n) is 19.1. The fourth-order valence-corrected chi connectivity index (χ4v) is 11.9. The van der Waals surface area contributed by atoms with Crippen molar-refractivity contribution in [3.8, 4) is 55.6 Å². The molecule has 13 aromatic rings. The minimum Gasteiger partial charge on any atom is -0.456 e. The van der Waals surface area contributed by atoms with Crippen LogP contribution < -0.4 is 4.90 Å². The van der Waals surface area contributed by atoms with Gasteiger partial charge in [-0.05, 0) is 137 Å². The van der Waals surface area contributed by atoms with Crippen LogP contribution >= 0.6 is 0 Å². The summed E-state index contributed by atoms with van der Waals surface area (Å²) in [7, 11) is 0. The molecule has 1 aromatic heterocycles. The molecule has 0 fully saturated rings. The van der Waals surface area contributed by atoms with E-state index in [4.69, 9.17) is 4.42 Å². The van der Waals surface area contributed by atoms with Crippen molar-refractivity contribution in [3.05, 3.63) is 307 Å². The Bertz CT molecular complexity index is 4140. The Kier molecular flexibility index (Phi) is 10.1. The molecular weight excluding hydrogens is 883 g/mol. The van der Waals surface area contributed by atoms with E-state index in [9.17, 15) is 0 Å². The highest BCUT2D eigenvalue weighted by Crippen LogP contribution is 2.58. The summed E-state index contributed by atoms with van der Waals surface area (Å²) in [6.45, 7) is 0. The molecule has 1 aliphatic rings. The van der Waals surface area contributed by atoms with Gasteiger partial charge in [0.1, 0.15) is 11.2 Å². The number of rotatable bonds is 9. The van der Waals surface area contributed by atoms with Crippen LogP contribution in [0.25, 0.3) is 88.3 Å². The average Bonchev–Trinajstić information content (AvgIpc) is 4.01.